The van der Waals surface area contributed by atoms with E-state index in [0.29, 0.717) is 39.2 Å². The van der Waals surface area contributed by atoms with E-state index >= 15 is 0 Å². The fourth-order valence-corrected chi connectivity index (χ4v) is 4.82. The lowest BCUT2D eigenvalue weighted by Crippen LogP contribution is -2.21. The van der Waals surface area contributed by atoms with Gasteiger partial charge in [-0.05, 0) is 49.4 Å². The fraction of sp³-hybridized carbons (Fsp3) is 0.280. The lowest BCUT2D eigenvalue weighted by atomic mass is 9.83. The van der Waals surface area contributed by atoms with Crippen LogP contribution in [0.2, 0.25) is 5.02 Å². The Bertz CT molecular complexity index is 1270. The van der Waals surface area contributed by atoms with Crippen molar-refractivity contribution in [2.24, 2.45) is 5.73 Å². The first-order valence-electron chi connectivity index (χ1n) is 10.9. The van der Waals surface area contributed by atoms with Gasteiger partial charge in [0.1, 0.15) is 11.6 Å². The van der Waals surface area contributed by atoms with Gasteiger partial charge < -0.3 is 19.9 Å². The first kappa shape index (κ1) is 21.2. The van der Waals surface area contributed by atoms with Crippen molar-refractivity contribution in [2.75, 3.05) is 7.11 Å². The Labute approximate surface area is 196 Å². The van der Waals surface area contributed by atoms with E-state index in [1.807, 2.05) is 36.4 Å². The van der Waals surface area contributed by atoms with Crippen molar-refractivity contribution >= 4 is 11.6 Å². The Morgan fingerprint density at radius 2 is 1.97 bits per heavy atom. The zero-order valence-corrected chi connectivity index (χ0v) is 18.9. The summed E-state index contributed by atoms with van der Waals surface area (Å²) in [6, 6.07) is 15.4. The van der Waals surface area contributed by atoms with Gasteiger partial charge in [0.15, 0.2) is 11.5 Å². The van der Waals surface area contributed by atoms with Crippen molar-refractivity contribution in [3.05, 3.63) is 70.1 Å². The number of benzene rings is 2. The molecule has 3 aromatic rings. The Kier molecular flexibility index (Phi) is 5.61. The number of fused-ring (bicyclic) bond motifs is 1. The molecule has 0 radical (unpaired) electrons. The summed E-state index contributed by atoms with van der Waals surface area (Å²) < 4.78 is 17.5. The van der Waals surface area contributed by atoms with Gasteiger partial charge in [-0.15, -0.1) is 5.10 Å². The molecule has 33 heavy (non-hydrogen) atoms. The van der Waals surface area contributed by atoms with Crippen LogP contribution in [0.5, 0.6) is 17.4 Å². The Morgan fingerprint density at radius 3 is 2.70 bits per heavy atom. The number of halogens is 1. The lowest BCUT2D eigenvalue weighted by Gasteiger charge is -2.25. The van der Waals surface area contributed by atoms with E-state index in [2.05, 4.69) is 16.3 Å². The molecular formula is C25H23ClN4O3. The van der Waals surface area contributed by atoms with Crippen molar-refractivity contribution in [1.82, 2.24) is 10.2 Å². The number of methoxy groups -OCH3 is 1. The molecule has 3 N–H and O–H groups in total. The van der Waals surface area contributed by atoms with Gasteiger partial charge in [0.2, 0.25) is 11.8 Å². The van der Waals surface area contributed by atoms with E-state index in [4.69, 9.17) is 31.5 Å². The van der Waals surface area contributed by atoms with Gasteiger partial charge in [-0.3, -0.25) is 5.10 Å². The van der Waals surface area contributed by atoms with Crippen LogP contribution < -0.4 is 19.9 Å². The molecule has 2 heterocycles. The number of allylic oxidation sites excluding steroid dienone is 1. The van der Waals surface area contributed by atoms with Gasteiger partial charge in [-0.25, -0.2) is 0 Å². The average Bonchev–Trinajstić information content (AvgIpc) is 3.49. The molecule has 1 aromatic heterocycles. The normalized spacial score (nSPS) is 17.9. The molecule has 1 saturated carbocycles. The van der Waals surface area contributed by atoms with Gasteiger partial charge in [-0.2, -0.15) is 5.26 Å². The molecule has 168 valence electrons. The molecule has 1 aliphatic carbocycles. The molecule has 2 aliphatic rings. The standard InChI is InChI=1S/C25H23ClN4O3/c1-31-20-12-14(10-11-19(20)32-15-6-2-3-7-15)21-17(13-27)24(28)33-25-22(21)23(29-30-25)16-8-4-5-9-18(16)26/h4-5,8-12,15,21H,2-3,6-7,28H2,1H3,(H,29,30). The number of nitrogens with one attached hydrogen (secondary N) is 1. The average molecular weight is 463 g/mol. The molecule has 2 aromatic carbocycles. The molecule has 1 fully saturated rings. The van der Waals surface area contributed by atoms with E-state index in [1.165, 1.54) is 12.8 Å². The van der Waals surface area contributed by atoms with Crippen LogP contribution in [0.15, 0.2) is 53.9 Å². The van der Waals surface area contributed by atoms with Crippen molar-refractivity contribution in [3.63, 3.8) is 0 Å². The number of nitriles is 1. The SMILES string of the molecule is COc1cc(C2C(C#N)=C(N)Oc3n[nH]c(-c4ccccc4Cl)c32)ccc1OC1CCCC1. The fourth-order valence-electron chi connectivity index (χ4n) is 4.59. The number of H-pyrrole nitrogens is 1. The van der Waals surface area contributed by atoms with Gasteiger partial charge in [0.25, 0.3) is 0 Å². The molecule has 1 aliphatic heterocycles. The topological polar surface area (TPSA) is 106 Å². The van der Waals surface area contributed by atoms with Crippen molar-refractivity contribution in [3.8, 4) is 34.7 Å². The van der Waals surface area contributed by atoms with Crippen molar-refractivity contribution in [2.45, 2.75) is 37.7 Å². The summed E-state index contributed by atoms with van der Waals surface area (Å²) in [4.78, 5) is 0. The van der Waals surface area contributed by atoms with Gasteiger partial charge in [0.05, 0.1) is 30.4 Å². The highest BCUT2D eigenvalue weighted by Crippen LogP contribution is 2.48. The zero-order valence-electron chi connectivity index (χ0n) is 18.1. The van der Waals surface area contributed by atoms with Crippen LogP contribution in [-0.2, 0) is 0 Å². The first-order valence-corrected chi connectivity index (χ1v) is 11.2. The van der Waals surface area contributed by atoms with E-state index in [0.717, 1.165) is 24.0 Å². The monoisotopic (exact) mass is 462 g/mol. The smallest absolute Gasteiger partial charge is 0.244 e. The van der Waals surface area contributed by atoms with Crippen LogP contribution in [0.1, 0.15) is 42.7 Å². The predicted molar refractivity (Wildman–Crippen MR) is 124 cm³/mol. The Morgan fingerprint density at radius 1 is 1.18 bits per heavy atom. The van der Waals surface area contributed by atoms with Crippen LogP contribution in [0.3, 0.4) is 0 Å². The summed E-state index contributed by atoms with van der Waals surface area (Å²) in [5.41, 5.74) is 9.35. The number of hydrogen-bond acceptors (Lipinski definition) is 6. The number of hydrogen-bond donors (Lipinski definition) is 2. The molecule has 0 bridgehead atoms. The van der Waals surface area contributed by atoms with Gasteiger partial charge >= 0.3 is 0 Å². The number of aromatic amines is 1. The molecule has 0 amide bonds. The predicted octanol–water partition coefficient (Wildman–Crippen LogP) is 5.28. The summed E-state index contributed by atoms with van der Waals surface area (Å²) in [5, 5.41) is 17.9. The van der Waals surface area contributed by atoms with E-state index in [-0.39, 0.29) is 12.0 Å². The largest absolute Gasteiger partial charge is 0.493 e. The van der Waals surface area contributed by atoms with Crippen LogP contribution in [-0.4, -0.2) is 23.4 Å². The van der Waals surface area contributed by atoms with E-state index in [9.17, 15) is 5.26 Å². The van der Waals surface area contributed by atoms with E-state index < -0.39 is 5.92 Å². The molecule has 7 nitrogen and oxygen atoms in total. The molecule has 0 saturated heterocycles. The third-order valence-corrected chi connectivity index (χ3v) is 6.53. The Balaban J connectivity index is 1.63. The number of nitrogens with zero attached hydrogens (tertiary/aromatic N) is 2. The second-order valence-corrected chi connectivity index (χ2v) is 8.56. The maximum Gasteiger partial charge on any atom is 0.244 e. The number of aromatic nitrogens is 2. The summed E-state index contributed by atoms with van der Waals surface area (Å²) in [7, 11) is 1.61. The maximum atomic E-state index is 9.96. The van der Waals surface area contributed by atoms with Gasteiger partial charge in [-0.1, -0.05) is 35.9 Å². The second-order valence-electron chi connectivity index (χ2n) is 8.16. The molecule has 1 unspecified atom stereocenters. The van der Waals surface area contributed by atoms with Crippen LogP contribution in [0.4, 0.5) is 0 Å². The lowest BCUT2D eigenvalue weighted by molar-refractivity contribution is 0.200. The maximum absolute atomic E-state index is 9.96. The molecule has 1 atom stereocenters. The van der Waals surface area contributed by atoms with Gasteiger partial charge in [0, 0.05) is 10.6 Å². The Hall–Kier alpha value is -3.63. The highest BCUT2D eigenvalue weighted by Gasteiger charge is 2.36. The van der Waals surface area contributed by atoms with Crippen LogP contribution in [0.25, 0.3) is 11.3 Å². The number of ether oxygens (including phenoxy) is 3. The highest BCUT2D eigenvalue weighted by molar-refractivity contribution is 6.33. The summed E-state index contributed by atoms with van der Waals surface area (Å²) >= 11 is 6.47. The van der Waals surface area contributed by atoms with E-state index in [1.54, 1.807) is 13.2 Å². The quantitative estimate of drug-likeness (QED) is 0.534. The third-order valence-electron chi connectivity index (χ3n) is 6.20. The third kappa shape index (κ3) is 3.77. The van der Waals surface area contributed by atoms with Crippen LogP contribution in [0, 0.1) is 11.3 Å². The second kappa shape index (κ2) is 8.72. The molecule has 5 rings (SSSR count). The van der Waals surface area contributed by atoms with Crippen LogP contribution >= 0.6 is 11.6 Å². The molecule has 8 heteroatoms. The van der Waals surface area contributed by atoms with Crippen molar-refractivity contribution < 1.29 is 14.2 Å². The molecular weight excluding hydrogens is 440 g/mol. The minimum Gasteiger partial charge on any atom is -0.493 e. The number of rotatable bonds is 5. The summed E-state index contributed by atoms with van der Waals surface area (Å²) in [5.74, 6) is 1.12. The highest BCUT2D eigenvalue weighted by atomic mass is 35.5. The van der Waals surface area contributed by atoms with Crippen molar-refractivity contribution in [1.29, 1.82) is 5.26 Å². The minimum absolute atomic E-state index is 0.0254. The number of nitrogens with two attached hydrogens (primary N) is 1. The summed E-state index contributed by atoms with van der Waals surface area (Å²) in [6.07, 6.45) is 4.64. The first-order chi connectivity index (χ1) is 16.1. The molecule has 0 spiro atoms. The minimum atomic E-state index is -0.516. The summed E-state index contributed by atoms with van der Waals surface area (Å²) in [6.45, 7) is 0. The zero-order chi connectivity index (χ0) is 22.9.